The minimum atomic E-state index is 0.0300. The Morgan fingerprint density at radius 1 is 1.35 bits per heavy atom. The first-order valence-corrected chi connectivity index (χ1v) is 6.00. The minimum Gasteiger partial charge on any atom is -0.344 e. The van der Waals surface area contributed by atoms with Crippen LogP contribution in [0.1, 0.15) is 5.69 Å². The Hall–Kier alpha value is -1.42. The van der Waals surface area contributed by atoms with Gasteiger partial charge in [-0.2, -0.15) is 0 Å². The highest BCUT2D eigenvalue weighted by Crippen LogP contribution is 2.13. The molecule has 1 aromatic heterocycles. The molecule has 1 fully saturated rings. The standard InChI is InChI=1S/C13H19N3O/c1-15-7-8-16(2)13(17)11(10-15)9-12-5-3-4-6-14-12/h3-6,11H,7-10H2,1-2H3/t11-/m0/s1. The summed E-state index contributed by atoms with van der Waals surface area (Å²) in [5.74, 6) is 0.266. The van der Waals surface area contributed by atoms with Crippen LogP contribution in [0.2, 0.25) is 0 Å². The molecule has 0 saturated carbocycles. The molecule has 17 heavy (non-hydrogen) atoms. The van der Waals surface area contributed by atoms with Crippen LogP contribution in [0, 0.1) is 5.92 Å². The monoisotopic (exact) mass is 233 g/mol. The van der Waals surface area contributed by atoms with E-state index in [1.165, 1.54) is 0 Å². The molecule has 92 valence electrons. The van der Waals surface area contributed by atoms with Crippen LogP contribution in [0.25, 0.3) is 0 Å². The zero-order chi connectivity index (χ0) is 12.3. The average molecular weight is 233 g/mol. The van der Waals surface area contributed by atoms with Gasteiger partial charge in [0.25, 0.3) is 0 Å². The van der Waals surface area contributed by atoms with E-state index in [1.807, 2.05) is 30.1 Å². The summed E-state index contributed by atoms with van der Waals surface area (Å²) in [6.07, 6.45) is 2.51. The summed E-state index contributed by atoms with van der Waals surface area (Å²) in [7, 11) is 3.95. The van der Waals surface area contributed by atoms with Crippen molar-refractivity contribution in [3.8, 4) is 0 Å². The Bertz CT molecular complexity index is 380. The Balaban J connectivity index is 2.09. The van der Waals surface area contributed by atoms with Crippen molar-refractivity contribution in [3.05, 3.63) is 30.1 Å². The summed E-state index contributed by atoms with van der Waals surface area (Å²) in [6.45, 7) is 2.58. The zero-order valence-corrected chi connectivity index (χ0v) is 10.5. The number of carbonyl (C=O) groups is 1. The van der Waals surface area contributed by atoms with Crippen LogP contribution >= 0.6 is 0 Å². The fourth-order valence-electron chi connectivity index (χ4n) is 2.21. The maximum Gasteiger partial charge on any atom is 0.227 e. The lowest BCUT2D eigenvalue weighted by molar-refractivity contribution is -0.133. The predicted molar refractivity (Wildman–Crippen MR) is 66.6 cm³/mol. The number of nitrogens with zero attached hydrogens (tertiary/aromatic N) is 3. The lowest BCUT2D eigenvalue weighted by atomic mass is 10.0. The highest BCUT2D eigenvalue weighted by atomic mass is 16.2. The third-order valence-corrected chi connectivity index (χ3v) is 3.26. The number of pyridine rings is 1. The van der Waals surface area contributed by atoms with E-state index >= 15 is 0 Å². The summed E-state index contributed by atoms with van der Waals surface area (Å²) >= 11 is 0. The lowest BCUT2D eigenvalue weighted by Crippen LogP contribution is -2.34. The van der Waals surface area contributed by atoms with Crippen molar-refractivity contribution < 1.29 is 4.79 Å². The lowest BCUT2D eigenvalue weighted by Gasteiger charge is -2.19. The van der Waals surface area contributed by atoms with Crippen LogP contribution < -0.4 is 0 Å². The first-order chi connectivity index (χ1) is 8.16. The first kappa shape index (κ1) is 12.0. The van der Waals surface area contributed by atoms with Crippen LogP contribution in [0.15, 0.2) is 24.4 Å². The van der Waals surface area contributed by atoms with Crippen molar-refractivity contribution >= 4 is 5.91 Å². The Labute approximate surface area is 102 Å². The van der Waals surface area contributed by atoms with E-state index in [0.717, 1.165) is 31.7 Å². The first-order valence-electron chi connectivity index (χ1n) is 6.00. The summed E-state index contributed by atoms with van der Waals surface area (Å²) in [5, 5.41) is 0. The van der Waals surface area contributed by atoms with Crippen LogP contribution in [-0.2, 0) is 11.2 Å². The van der Waals surface area contributed by atoms with E-state index in [2.05, 4.69) is 16.9 Å². The van der Waals surface area contributed by atoms with E-state index in [9.17, 15) is 4.79 Å². The van der Waals surface area contributed by atoms with Crippen LogP contribution in [0.3, 0.4) is 0 Å². The summed E-state index contributed by atoms with van der Waals surface area (Å²) < 4.78 is 0. The molecule has 0 unspecified atom stereocenters. The molecule has 4 heteroatoms. The highest BCUT2D eigenvalue weighted by molar-refractivity contribution is 5.79. The molecule has 0 bridgehead atoms. The van der Waals surface area contributed by atoms with Crippen molar-refractivity contribution in [2.24, 2.45) is 5.92 Å². The Morgan fingerprint density at radius 3 is 2.88 bits per heavy atom. The van der Waals surface area contributed by atoms with E-state index in [0.29, 0.717) is 0 Å². The van der Waals surface area contributed by atoms with Gasteiger partial charge in [-0.25, -0.2) is 0 Å². The molecule has 1 saturated heterocycles. The van der Waals surface area contributed by atoms with Gasteiger partial charge in [-0.3, -0.25) is 9.78 Å². The molecule has 0 spiro atoms. The summed E-state index contributed by atoms with van der Waals surface area (Å²) in [6, 6.07) is 5.85. The molecular formula is C13H19N3O. The van der Waals surface area contributed by atoms with Crippen molar-refractivity contribution in [2.45, 2.75) is 6.42 Å². The summed E-state index contributed by atoms with van der Waals surface area (Å²) in [5.41, 5.74) is 0.995. The van der Waals surface area contributed by atoms with Gasteiger partial charge < -0.3 is 9.80 Å². The van der Waals surface area contributed by atoms with Crippen LogP contribution in [-0.4, -0.2) is 54.4 Å². The van der Waals surface area contributed by atoms with Gasteiger partial charge in [0.05, 0.1) is 5.92 Å². The molecule has 1 aromatic rings. The molecule has 2 heterocycles. The van der Waals surface area contributed by atoms with Gasteiger partial charge >= 0.3 is 0 Å². The topological polar surface area (TPSA) is 36.4 Å². The second-order valence-corrected chi connectivity index (χ2v) is 4.74. The maximum atomic E-state index is 12.2. The van der Waals surface area contributed by atoms with Gasteiger partial charge in [0.2, 0.25) is 5.91 Å². The van der Waals surface area contributed by atoms with Crippen molar-refractivity contribution in [1.82, 2.24) is 14.8 Å². The van der Waals surface area contributed by atoms with Gasteiger partial charge in [0, 0.05) is 45.0 Å². The van der Waals surface area contributed by atoms with Gasteiger partial charge in [-0.1, -0.05) is 6.07 Å². The van der Waals surface area contributed by atoms with Crippen molar-refractivity contribution in [2.75, 3.05) is 33.7 Å². The molecule has 0 aromatic carbocycles. The third-order valence-electron chi connectivity index (χ3n) is 3.26. The van der Waals surface area contributed by atoms with Gasteiger partial charge in [0.1, 0.15) is 0 Å². The molecule has 0 N–H and O–H groups in total. The van der Waals surface area contributed by atoms with E-state index in [-0.39, 0.29) is 11.8 Å². The molecule has 1 aliphatic heterocycles. The Morgan fingerprint density at radius 2 is 2.18 bits per heavy atom. The number of amides is 1. The summed E-state index contributed by atoms with van der Waals surface area (Å²) in [4.78, 5) is 20.5. The second-order valence-electron chi connectivity index (χ2n) is 4.74. The minimum absolute atomic E-state index is 0.0300. The smallest absolute Gasteiger partial charge is 0.227 e. The highest BCUT2D eigenvalue weighted by Gasteiger charge is 2.27. The molecular weight excluding hydrogens is 214 g/mol. The molecule has 0 radical (unpaired) electrons. The fraction of sp³-hybridized carbons (Fsp3) is 0.538. The quantitative estimate of drug-likeness (QED) is 0.752. The van der Waals surface area contributed by atoms with Gasteiger partial charge in [0.15, 0.2) is 0 Å². The predicted octanol–water partition coefficient (Wildman–Crippen LogP) is 0.644. The largest absolute Gasteiger partial charge is 0.344 e. The molecule has 1 atom stereocenters. The Kier molecular flexibility index (Phi) is 3.74. The number of likely N-dealkylation sites (N-methyl/N-ethyl adjacent to an activating group) is 2. The SMILES string of the molecule is CN1CCN(C)C(=O)[C@@H](Cc2ccccn2)C1. The maximum absolute atomic E-state index is 12.2. The number of hydrogen-bond donors (Lipinski definition) is 0. The van der Waals surface area contributed by atoms with Crippen LogP contribution in [0.5, 0.6) is 0 Å². The molecule has 1 amide bonds. The molecule has 0 aliphatic carbocycles. The fourth-order valence-corrected chi connectivity index (χ4v) is 2.21. The number of hydrogen-bond acceptors (Lipinski definition) is 3. The molecule has 4 nitrogen and oxygen atoms in total. The van der Waals surface area contributed by atoms with Gasteiger partial charge in [-0.15, -0.1) is 0 Å². The van der Waals surface area contributed by atoms with E-state index in [4.69, 9.17) is 0 Å². The number of carbonyl (C=O) groups excluding carboxylic acids is 1. The zero-order valence-electron chi connectivity index (χ0n) is 10.5. The van der Waals surface area contributed by atoms with Crippen LogP contribution in [0.4, 0.5) is 0 Å². The normalized spacial score (nSPS) is 22.6. The van der Waals surface area contributed by atoms with Crippen molar-refractivity contribution in [3.63, 3.8) is 0 Å². The second kappa shape index (κ2) is 5.27. The molecule has 2 rings (SSSR count). The third kappa shape index (κ3) is 3.03. The number of rotatable bonds is 2. The van der Waals surface area contributed by atoms with Gasteiger partial charge in [-0.05, 0) is 19.2 Å². The van der Waals surface area contributed by atoms with Crippen molar-refractivity contribution in [1.29, 1.82) is 0 Å². The number of aromatic nitrogens is 1. The van der Waals surface area contributed by atoms with E-state index in [1.54, 1.807) is 6.20 Å². The molecule has 1 aliphatic rings. The average Bonchev–Trinajstić information content (AvgIpc) is 2.45. The van der Waals surface area contributed by atoms with E-state index < -0.39 is 0 Å².